The van der Waals surface area contributed by atoms with Crippen molar-refractivity contribution in [3.05, 3.63) is 40.4 Å². The molecule has 0 saturated carbocycles. The first-order valence-corrected chi connectivity index (χ1v) is 9.01. The normalized spacial score (nSPS) is 12.1. The van der Waals surface area contributed by atoms with Gasteiger partial charge in [-0.25, -0.2) is 14.6 Å². The molecule has 0 fully saturated rings. The molecule has 0 bridgehead atoms. The number of esters is 2. The molecule has 6 heteroatoms. The lowest BCUT2D eigenvalue weighted by molar-refractivity contribution is -0.151. The topological polar surface area (TPSA) is 65.5 Å². The van der Waals surface area contributed by atoms with E-state index in [-0.39, 0.29) is 11.6 Å². The predicted molar refractivity (Wildman–Crippen MR) is 97.7 cm³/mol. The van der Waals surface area contributed by atoms with Gasteiger partial charge in [0.25, 0.3) is 0 Å². The Bertz CT molecular complexity index is 767. The quantitative estimate of drug-likeness (QED) is 0.723. The van der Waals surface area contributed by atoms with Gasteiger partial charge < -0.3 is 9.47 Å². The molecular weight excluding hydrogens is 338 g/mol. The van der Waals surface area contributed by atoms with Crippen LogP contribution in [0.4, 0.5) is 0 Å². The molecule has 0 spiro atoms. The summed E-state index contributed by atoms with van der Waals surface area (Å²) in [5.41, 5.74) is 3.47. The van der Waals surface area contributed by atoms with Crippen LogP contribution in [-0.2, 0) is 14.3 Å². The molecule has 0 radical (unpaired) electrons. The van der Waals surface area contributed by atoms with E-state index < -0.39 is 18.0 Å². The molecule has 0 saturated heterocycles. The summed E-state index contributed by atoms with van der Waals surface area (Å²) in [6, 6.07) is 6.08. The highest BCUT2D eigenvalue weighted by Crippen LogP contribution is 2.28. The van der Waals surface area contributed by atoms with Crippen molar-refractivity contribution in [1.29, 1.82) is 0 Å². The zero-order valence-corrected chi connectivity index (χ0v) is 16.0. The molecule has 0 amide bonds. The smallest absolute Gasteiger partial charge is 0.358 e. The Morgan fingerprint density at radius 3 is 2.56 bits per heavy atom. The van der Waals surface area contributed by atoms with Gasteiger partial charge in [-0.05, 0) is 31.7 Å². The first kappa shape index (κ1) is 19.1. The van der Waals surface area contributed by atoms with E-state index in [9.17, 15) is 9.59 Å². The van der Waals surface area contributed by atoms with Crippen LogP contribution in [0.3, 0.4) is 0 Å². The SMILES string of the molecule is COC(=O)C(CC(C)C)OC(=O)c1csc(-c2ccc(C)cc2C)n1. The predicted octanol–water partition coefficient (Wildman–Crippen LogP) is 4.17. The molecule has 0 aliphatic carbocycles. The lowest BCUT2D eigenvalue weighted by Crippen LogP contribution is -2.30. The van der Waals surface area contributed by atoms with Gasteiger partial charge in [-0.2, -0.15) is 0 Å². The molecule has 2 rings (SSSR count). The van der Waals surface area contributed by atoms with Crippen LogP contribution in [0.2, 0.25) is 0 Å². The summed E-state index contributed by atoms with van der Waals surface area (Å²) >= 11 is 1.38. The maximum Gasteiger partial charge on any atom is 0.358 e. The molecule has 1 unspecified atom stereocenters. The van der Waals surface area contributed by atoms with Crippen LogP contribution in [0.5, 0.6) is 0 Å². The Morgan fingerprint density at radius 1 is 1.24 bits per heavy atom. The van der Waals surface area contributed by atoms with E-state index in [1.807, 2.05) is 39.8 Å². The number of aromatic nitrogens is 1. The van der Waals surface area contributed by atoms with E-state index >= 15 is 0 Å². The van der Waals surface area contributed by atoms with Crippen molar-refractivity contribution in [2.24, 2.45) is 5.92 Å². The highest BCUT2D eigenvalue weighted by molar-refractivity contribution is 7.13. The average molecular weight is 361 g/mol. The van der Waals surface area contributed by atoms with Crippen LogP contribution >= 0.6 is 11.3 Å². The minimum atomic E-state index is -0.913. The van der Waals surface area contributed by atoms with E-state index in [1.54, 1.807) is 5.38 Å². The van der Waals surface area contributed by atoms with Crippen LogP contribution < -0.4 is 0 Å². The Kier molecular flexibility index (Phi) is 6.31. The molecule has 25 heavy (non-hydrogen) atoms. The molecule has 0 aliphatic rings. The standard InChI is InChI=1S/C19H23NO4S/c1-11(2)8-16(19(22)23-5)24-18(21)15-10-25-17(20-15)14-7-6-12(3)9-13(14)4/h6-7,9-11,16H,8H2,1-5H3. The third kappa shape index (κ3) is 4.89. The fraction of sp³-hybridized carbons (Fsp3) is 0.421. The lowest BCUT2D eigenvalue weighted by atomic mass is 10.1. The van der Waals surface area contributed by atoms with Crippen molar-refractivity contribution in [2.75, 3.05) is 7.11 Å². The zero-order valence-electron chi connectivity index (χ0n) is 15.2. The largest absolute Gasteiger partial charge is 0.466 e. The summed E-state index contributed by atoms with van der Waals surface area (Å²) < 4.78 is 10.0. The molecule has 1 heterocycles. The monoisotopic (exact) mass is 361 g/mol. The second-order valence-electron chi connectivity index (χ2n) is 6.40. The Hall–Kier alpha value is -2.21. The highest BCUT2D eigenvalue weighted by Gasteiger charge is 2.26. The number of ether oxygens (including phenoxy) is 2. The number of methoxy groups -OCH3 is 1. The second kappa shape index (κ2) is 8.25. The summed E-state index contributed by atoms with van der Waals surface area (Å²) in [7, 11) is 1.28. The third-order valence-corrected chi connectivity index (χ3v) is 4.60. The minimum absolute atomic E-state index is 0.193. The number of carbonyl (C=O) groups is 2. The average Bonchev–Trinajstić information content (AvgIpc) is 3.02. The van der Waals surface area contributed by atoms with E-state index in [2.05, 4.69) is 11.1 Å². The first-order valence-electron chi connectivity index (χ1n) is 8.13. The van der Waals surface area contributed by atoms with Crippen LogP contribution in [0.15, 0.2) is 23.6 Å². The molecule has 2 aromatic rings. The molecular formula is C19H23NO4S. The Labute approximate surface area is 152 Å². The maximum absolute atomic E-state index is 12.4. The third-order valence-electron chi connectivity index (χ3n) is 3.72. The second-order valence-corrected chi connectivity index (χ2v) is 7.26. The Morgan fingerprint density at radius 2 is 1.96 bits per heavy atom. The molecule has 5 nitrogen and oxygen atoms in total. The minimum Gasteiger partial charge on any atom is -0.466 e. The molecule has 0 N–H and O–H groups in total. The number of aryl methyl sites for hydroxylation is 2. The van der Waals surface area contributed by atoms with Gasteiger partial charge in [-0.1, -0.05) is 37.6 Å². The van der Waals surface area contributed by atoms with Crippen LogP contribution in [0.25, 0.3) is 10.6 Å². The fourth-order valence-electron chi connectivity index (χ4n) is 2.49. The van der Waals surface area contributed by atoms with Crippen LogP contribution in [0.1, 0.15) is 41.9 Å². The van der Waals surface area contributed by atoms with E-state index in [1.165, 1.54) is 24.0 Å². The van der Waals surface area contributed by atoms with Crippen LogP contribution in [-0.4, -0.2) is 30.1 Å². The summed E-state index contributed by atoms with van der Waals surface area (Å²) in [4.78, 5) is 28.5. The van der Waals surface area contributed by atoms with Crippen molar-refractivity contribution in [1.82, 2.24) is 4.98 Å². The van der Waals surface area contributed by atoms with Crippen molar-refractivity contribution in [3.8, 4) is 10.6 Å². The molecule has 1 atom stereocenters. The van der Waals surface area contributed by atoms with Gasteiger partial charge in [-0.15, -0.1) is 11.3 Å². The maximum atomic E-state index is 12.4. The number of hydrogen-bond donors (Lipinski definition) is 0. The number of carbonyl (C=O) groups excluding carboxylic acids is 2. The van der Waals surface area contributed by atoms with Gasteiger partial charge in [-0.3, -0.25) is 0 Å². The molecule has 134 valence electrons. The summed E-state index contributed by atoms with van der Waals surface area (Å²) in [6.45, 7) is 7.94. The van der Waals surface area contributed by atoms with E-state index in [0.29, 0.717) is 6.42 Å². The van der Waals surface area contributed by atoms with Gasteiger partial charge >= 0.3 is 11.9 Å². The van der Waals surface area contributed by atoms with Crippen LogP contribution in [0, 0.1) is 19.8 Å². The van der Waals surface area contributed by atoms with Crippen molar-refractivity contribution >= 4 is 23.3 Å². The zero-order chi connectivity index (χ0) is 18.6. The van der Waals surface area contributed by atoms with Gasteiger partial charge in [0, 0.05) is 10.9 Å². The number of nitrogens with zero attached hydrogens (tertiary/aromatic N) is 1. The highest BCUT2D eigenvalue weighted by atomic mass is 32.1. The summed E-state index contributed by atoms with van der Waals surface area (Å²) in [5.74, 6) is -0.965. The van der Waals surface area contributed by atoms with Crippen molar-refractivity contribution in [3.63, 3.8) is 0 Å². The fourth-order valence-corrected chi connectivity index (χ4v) is 3.37. The Balaban J connectivity index is 2.17. The number of thiazole rings is 1. The van der Waals surface area contributed by atoms with Gasteiger partial charge in [0.15, 0.2) is 11.8 Å². The molecule has 1 aromatic heterocycles. The molecule has 0 aliphatic heterocycles. The van der Waals surface area contributed by atoms with Crippen molar-refractivity contribution < 1.29 is 19.1 Å². The van der Waals surface area contributed by atoms with Gasteiger partial charge in [0.1, 0.15) is 5.01 Å². The first-order chi connectivity index (χ1) is 11.8. The number of benzene rings is 1. The van der Waals surface area contributed by atoms with E-state index in [0.717, 1.165) is 16.1 Å². The van der Waals surface area contributed by atoms with Gasteiger partial charge in [0.2, 0.25) is 0 Å². The number of rotatable bonds is 6. The van der Waals surface area contributed by atoms with Gasteiger partial charge in [0.05, 0.1) is 7.11 Å². The molecule has 1 aromatic carbocycles. The van der Waals surface area contributed by atoms with E-state index in [4.69, 9.17) is 9.47 Å². The lowest BCUT2D eigenvalue weighted by Gasteiger charge is -2.16. The summed E-state index contributed by atoms with van der Waals surface area (Å²) in [6.07, 6.45) is -0.504. The summed E-state index contributed by atoms with van der Waals surface area (Å²) in [5, 5.41) is 2.41. The van der Waals surface area contributed by atoms with Crippen molar-refractivity contribution in [2.45, 2.75) is 40.2 Å². The number of hydrogen-bond acceptors (Lipinski definition) is 6.